The Bertz CT molecular complexity index is 560. The van der Waals surface area contributed by atoms with Gasteiger partial charge in [0.1, 0.15) is 5.60 Å². The number of methoxy groups -OCH3 is 1. The molecule has 0 bridgehead atoms. The number of hydrazone groups is 1. The summed E-state index contributed by atoms with van der Waals surface area (Å²) in [5.74, 6) is 0. The van der Waals surface area contributed by atoms with Crippen molar-refractivity contribution in [3.63, 3.8) is 0 Å². The summed E-state index contributed by atoms with van der Waals surface area (Å²) in [6.07, 6.45) is 9.20. The molecule has 0 aromatic heterocycles. The summed E-state index contributed by atoms with van der Waals surface area (Å²) < 4.78 is 2.02. The van der Waals surface area contributed by atoms with E-state index in [1.165, 1.54) is 18.3 Å². The maximum absolute atomic E-state index is 6.06. The number of hydrazine groups is 1. The molecule has 10 heteroatoms. The minimum absolute atomic E-state index is 0.240. The van der Waals surface area contributed by atoms with Crippen LogP contribution >= 0.6 is 69.6 Å². The first-order valence-electron chi connectivity index (χ1n) is 5.99. The lowest BCUT2D eigenvalue weighted by Gasteiger charge is -2.44. The molecule has 0 amide bonds. The first-order chi connectivity index (χ1) is 10.1. The van der Waals surface area contributed by atoms with E-state index in [0.717, 1.165) is 0 Å². The zero-order valence-corrected chi connectivity index (χ0v) is 15.7. The van der Waals surface area contributed by atoms with E-state index >= 15 is 0 Å². The van der Waals surface area contributed by atoms with Crippen LogP contribution in [-0.4, -0.2) is 31.6 Å². The average Bonchev–Trinajstić information content (AvgIpc) is 2.45. The zero-order valence-electron chi connectivity index (χ0n) is 11.2. The third-order valence-electron chi connectivity index (χ3n) is 3.19. The maximum Gasteiger partial charge on any atom is 0.286 e. The number of halogens is 6. The molecule has 0 radical (unpaired) electrons. The molecule has 0 aromatic rings. The normalized spacial score (nSPS) is 25.7. The van der Waals surface area contributed by atoms with E-state index in [0.29, 0.717) is 12.1 Å². The molecule has 2 aliphatic rings. The molecule has 0 fully saturated rings. The minimum Gasteiger partial charge on any atom is -0.367 e. The summed E-state index contributed by atoms with van der Waals surface area (Å²) in [5, 5.41) is 5.05. The van der Waals surface area contributed by atoms with Gasteiger partial charge in [0.15, 0.2) is 0 Å². The molecule has 1 atom stereocenters. The highest BCUT2D eigenvalue weighted by atomic mass is 35.6. The van der Waals surface area contributed by atoms with Gasteiger partial charge in [-0.1, -0.05) is 87.8 Å². The van der Waals surface area contributed by atoms with Crippen LogP contribution in [0.25, 0.3) is 0 Å². The van der Waals surface area contributed by atoms with Gasteiger partial charge >= 0.3 is 0 Å². The fraction of sp³-hybridized carbons (Fsp3) is 0.417. The molecule has 0 saturated carbocycles. The number of nitrogens with one attached hydrogen (secondary N) is 1. The molecule has 2 rings (SSSR count). The standard InChI is InChI=1S/C12H11Cl6N3O/c1-22-10(5-3-2-4-6-10)9-8(11(13,14)15)7-19-20-21(9)12(16,17)18/h2-5,7,20H,6H2,1H3. The summed E-state index contributed by atoms with van der Waals surface area (Å²) in [5.41, 5.74) is 2.22. The van der Waals surface area contributed by atoms with Crippen molar-refractivity contribution in [3.8, 4) is 0 Å². The van der Waals surface area contributed by atoms with Crippen molar-refractivity contribution in [1.82, 2.24) is 10.5 Å². The number of allylic oxidation sites excluding steroid dienone is 3. The average molecular weight is 426 g/mol. The largest absolute Gasteiger partial charge is 0.367 e. The highest BCUT2D eigenvalue weighted by molar-refractivity contribution is 6.71. The number of ether oxygens (including phenoxy) is 1. The van der Waals surface area contributed by atoms with Gasteiger partial charge in [0.2, 0.25) is 3.79 Å². The van der Waals surface area contributed by atoms with Crippen LogP contribution < -0.4 is 5.53 Å². The van der Waals surface area contributed by atoms with Crippen LogP contribution in [0.1, 0.15) is 6.42 Å². The fourth-order valence-corrected chi connectivity index (χ4v) is 3.00. The first-order valence-corrected chi connectivity index (χ1v) is 8.26. The number of hydrogen-bond acceptors (Lipinski definition) is 4. The van der Waals surface area contributed by atoms with Crippen molar-refractivity contribution in [2.45, 2.75) is 19.7 Å². The highest BCUT2D eigenvalue weighted by Gasteiger charge is 2.48. The zero-order chi connectivity index (χ0) is 16.6. The summed E-state index contributed by atoms with van der Waals surface area (Å²) >= 11 is 36.2. The Kier molecular flexibility index (Phi) is 5.55. The molecule has 0 saturated heterocycles. The molecule has 1 unspecified atom stereocenters. The minimum atomic E-state index is -1.88. The summed E-state index contributed by atoms with van der Waals surface area (Å²) in [6.45, 7) is 0. The van der Waals surface area contributed by atoms with Crippen LogP contribution in [0.4, 0.5) is 0 Å². The molecule has 0 aromatic carbocycles. The molecule has 122 valence electrons. The molecule has 1 aliphatic heterocycles. The van der Waals surface area contributed by atoms with Crippen LogP contribution in [0.2, 0.25) is 0 Å². The van der Waals surface area contributed by atoms with Crippen LogP contribution in [0.15, 0.2) is 40.7 Å². The van der Waals surface area contributed by atoms with Gasteiger partial charge in [-0.15, -0.1) is 0 Å². The van der Waals surface area contributed by atoms with E-state index in [-0.39, 0.29) is 5.57 Å². The predicted molar refractivity (Wildman–Crippen MR) is 93.7 cm³/mol. The number of nitrogens with zero attached hydrogens (tertiary/aromatic N) is 2. The Hall–Kier alpha value is 0.190. The fourth-order valence-electron chi connectivity index (χ4n) is 2.22. The van der Waals surface area contributed by atoms with Gasteiger partial charge in [-0.2, -0.15) is 5.10 Å². The second-order valence-corrected chi connectivity index (χ2v) is 9.01. The lowest BCUT2D eigenvalue weighted by Crippen LogP contribution is -2.54. The SMILES string of the molecule is COC1(C2=C(C(Cl)(Cl)Cl)C=NNN2C(Cl)(Cl)Cl)C=CC=CC1. The summed E-state index contributed by atoms with van der Waals surface area (Å²) in [4.78, 5) is 0. The van der Waals surface area contributed by atoms with E-state index in [1.807, 2.05) is 12.2 Å². The van der Waals surface area contributed by atoms with E-state index in [1.54, 1.807) is 12.2 Å². The second kappa shape index (κ2) is 6.60. The third-order valence-corrected chi connectivity index (χ3v) is 4.31. The quantitative estimate of drug-likeness (QED) is 0.517. The van der Waals surface area contributed by atoms with Crippen LogP contribution in [0.5, 0.6) is 0 Å². The molecule has 4 nitrogen and oxygen atoms in total. The van der Waals surface area contributed by atoms with E-state index < -0.39 is 13.3 Å². The van der Waals surface area contributed by atoms with Gasteiger partial charge in [-0.25, -0.2) is 10.5 Å². The summed E-state index contributed by atoms with van der Waals surface area (Å²) in [6, 6.07) is 0. The number of rotatable bonds is 2. The monoisotopic (exact) mass is 423 g/mol. The highest BCUT2D eigenvalue weighted by Crippen LogP contribution is 2.47. The van der Waals surface area contributed by atoms with Crippen LogP contribution in [0.3, 0.4) is 0 Å². The molecular weight excluding hydrogens is 415 g/mol. The van der Waals surface area contributed by atoms with Gasteiger partial charge in [-0.3, -0.25) is 0 Å². The van der Waals surface area contributed by atoms with E-state index in [9.17, 15) is 0 Å². The topological polar surface area (TPSA) is 36.9 Å². The Balaban J connectivity index is 2.69. The smallest absolute Gasteiger partial charge is 0.286 e. The van der Waals surface area contributed by atoms with Crippen molar-refractivity contribution in [2.75, 3.05) is 7.11 Å². The molecule has 1 N–H and O–H groups in total. The third kappa shape index (κ3) is 3.64. The molecule has 1 aliphatic carbocycles. The Morgan fingerprint density at radius 3 is 2.36 bits per heavy atom. The van der Waals surface area contributed by atoms with Crippen molar-refractivity contribution in [3.05, 3.63) is 35.6 Å². The summed E-state index contributed by atoms with van der Waals surface area (Å²) in [7, 11) is 1.52. The maximum atomic E-state index is 6.06. The van der Waals surface area contributed by atoms with E-state index in [2.05, 4.69) is 10.6 Å². The Labute approximate surface area is 158 Å². The molecule has 1 heterocycles. The van der Waals surface area contributed by atoms with Gasteiger partial charge in [0, 0.05) is 19.1 Å². The van der Waals surface area contributed by atoms with Gasteiger partial charge < -0.3 is 4.74 Å². The lowest BCUT2D eigenvalue weighted by molar-refractivity contribution is 0.0259. The van der Waals surface area contributed by atoms with Crippen LogP contribution in [-0.2, 0) is 4.74 Å². The Morgan fingerprint density at radius 1 is 1.23 bits per heavy atom. The molecule has 22 heavy (non-hydrogen) atoms. The van der Waals surface area contributed by atoms with Crippen molar-refractivity contribution < 1.29 is 4.74 Å². The predicted octanol–water partition coefficient (Wildman–Crippen LogP) is 4.65. The molecule has 0 spiro atoms. The van der Waals surface area contributed by atoms with Crippen molar-refractivity contribution in [2.24, 2.45) is 5.10 Å². The number of hydrogen-bond donors (Lipinski definition) is 1. The van der Waals surface area contributed by atoms with Gasteiger partial charge in [-0.05, 0) is 6.08 Å². The second-order valence-electron chi connectivity index (χ2n) is 4.51. The van der Waals surface area contributed by atoms with Crippen LogP contribution in [0, 0.1) is 0 Å². The van der Waals surface area contributed by atoms with E-state index in [4.69, 9.17) is 74.3 Å². The van der Waals surface area contributed by atoms with Crippen molar-refractivity contribution >= 4 is 75.8 Å². The van der Waals surface area contributed by atoms with Gasteiger partial charge in [0.25, 0.3) is 3.92 Å². The first kappa shape index (κ1) is 18.5. The Morgan fingerprint density at radius 2 is 1.91 bits per heavy atom. The molecular formula is C12H11Cl6N3O. The number of alkyl halides is 6. The lowest BCUT2D eigenvalue weighted by atomic mass is 9.88. The van der Waals surface area contributed by atoms with Crippen molar-refractivity contribution in [1.29, 1.82) is 0 Å². The van der Waals surface area contributed by atoms with Gasteiger partial charge in [0.05, 0.1) is 11.9 Å².